The first-order valence-corrected chi connectivity index (χ1v) is 11.7. The molecule has 1 fully saturated rings. The van der Waals surface area contributed by atoms with Crippen LogP contribution in [0, 0.1) is 12.7 Å². The van der Waals surface area contributed by atoms with Crippen LogP contribution in [0.15, 0.2) is 48.5 Å². The Hall–Kier alpha value is -2.77. The Morgan fingerprint density at radius 3 is 2.42 bits per heavy atom. The monoisotopic (exact) mass is 454 g/mol. The van der Waals surface area contributed by atoms with Gasteiger partial charge in [0.05, 0.1) is 12.6 Å². The first-order chi connectivity index (χ1) is 15.9. The number of benzene rings is 2. The van der Waals surface area contributed by atoms with Gasteiger partial charge >= 0.3 is 0 Å². The Labute approximate surface area is 196 Å². The minimum atomic E-state index is -0.377. The standard InChI is InChI=1S/C26H35FN4O2/c1-4-12-31(18-22-10-8-20(2)9-11-22)25(32)19-29-13-15-30(16-14-29)21(3)26(33)28-24-7-5-6-23(27)17-24/h5-11,17,21H,4,12-16,18-19H2,1-3H3,(H,28,33). The van der Waals surface area contributed by atoms with Crippen LogP contribution in [0.3, 0.4) is 0 Å². The Morgan fingerprint density at radius 1 is 1.09 bits per heavy atom. The molecule has 1 aliphatic rings. The predicted octanol–water partition coefficient (Wildman–Crippen LogP) is 3.52. The van der Waals surface area contributed by atoms with E-state index in [-0.39, 0.29) is 23.7 Å². The van der Waals surface area contributed by atoms with Gasteiger partial charge in [0, 0.05) is 45.0 Å². The molecule has 0 bridgehead atoms. The third kappa shape index (κ3) is 7.37. The fraction of sp³-hybridized carbons (Fsp3) is 0.462. The predicted molar refractivity (Wildman–Crippen MR) is 129 cm³/mol. The van der Waals surface area contributed by atoms with Crippen LogP contribution in [0.2, 0.25) is 0 Å². The van der Waals surface area contributed by atoms with Crippen molar-refractivity contribution in [2.24, 2.45) is 0 Å². The molecule has 33 heavy (non-hydrogen) atoms. The van der Waals surface area contributed by atoms with Crippen LogP contribution in [0.25, 0.3) is 0 Å². The summed E-state index contributed by atoms with van der Waals surface area (Å²) in [6, 6.07) is 13.9. The largest absolute Gasteiger partial charge is 0.337 e. The zero-order valence-corrected chi connectivity index (χ0v) is 19.9. The van der Waals surface area contributed by atoms with Gasteiger partial charge in [-0.1, -0.05) is 42.8 Å². The molecule has 2 aromatic rings. The highest BCUT2D eigenvalue weighted by molar-refractivity contribution is 5.94. The van der Waals surface area contributed by atoms with Gasteiger partial charge in [0.2, 0.25) is 11.8 Å². The van der Waals surface area contributed by atoms with Crippen molar-refractivity contribution < 1.29 is 14.0 Å². The van der Waals surface area contributed by atoms with E-state index in [1.165, 1.54) is 17.7 Å². The lowest BCUT2D eigenvalue weighted by molar-refractivity contribution is -0.134. The zero-order chi connectivity index (χ0) is 23.8. The summed E-state index contributed by atoms with van der Waals surface area (Å²) >= 11 is 0. The van der Waals surface area contributed by atoms with E-state index < -0.39 is 0 Å². The van der Waals surface area contributed by atoms with Crippen molar-refractivity contribution in [2.75, 3.05) is 44.6 Å². The molecule has 1 heterocycles. The second-order valence-corrected chi connectivity index (χ2v) is 8.79. The van der Waals surface area contributed by atoms with Crippen molar-refractivity contribution >= 4 is 17.5 Å². The van der Waals surface area contributed by atoms with Crippen LogP contribution >= 0.6 is 0 Å². The van der Waals surface area contributed by atoms with Crippen molar-refractivity contribution in [3.8, 4) is 0 Å². The molecule has 178 valence electrons. The number of hydrogen-bond acceptors (Lipinski definition) is 4. The van der Waals surface area contributed by atoms with Crippen LogP contribution < -0.4 is 5.32 Å². The molecule has 0 saturated carbocycles. The minimum absolute atomic E-state index is 0.141. The SMILES string of the molecule is CCCN(Cc1ccc(C)cc1)C(=O)CN1CCN(C(C)C(=O)Nc2cccc(F)c2)CC1. The number of piperazine rings is 1. The summed E-state index contributed by atoms with van der Waals surface area (Å²) in [4.78, 5) is 31.8. The fourth-order valence-corrected chi connectivity index (χ4v) is 4.05. The highest BCUT2D eigenvalue weighted by Gasteiger charge is 2.27. The van der Waals surface area contributed by atoms with E-state index >= 15 is 0 Å². The van der Waals surface area contributed by atoms with Crippen LogP contribution in [0.5, 0.6) is 0 Å². The van der Waals surface area contributed by atoms with Gasteiger partial charge in [-0.25, -0.2) is 4.39 Å². The Bertz CT molecular complexity index is 926. The van der Waals surface area contributed by atoms with Crippen LogP contribution in [0.1, 0.15) is 31.4 Å². The number of hydrogen-bond donors (Lipinski definition) is 1. The van der Waals surface area contributed by atoms with E-state index in [2.05, 4.69) is 53.2 Å². The summed E-state index contributed by atoms with van der Waals surface area (Å²) in [7, 11) is 0. The number of amides is 2. The smallest absolute Gasteiger partial charge is 0.241 e. The molecule has 1 saturated heterocycles. The lowest BCUT2D eigenvalue weighted by atomic mass is 10.1. The van der Waals surface area contributed by atoms with Gasteiger partial charge in [-0.15, -0.1) is 0 Å². The van der Waals surface area contributed by atoms with Crippen molar-refractivity contribution in [1.29, 1.82) is 0 Å². The van der Waals surface area contributed by atoms with Crippen molar-refractivity contribution in [3.63, 3.8) is 0 Å². The summed E-state index contributed by atoms with van der Waals surface area (Å²) in [6.45, 7) is 10.6. The number of rotatable bonds is 9. The van der Waals surface area contributed by atoms with Gasteiger partial charge < -0.3 is 10.2 Å². The first-order valence-electron chi connectivity index (χ1n) is 11.7. The molecular formula is C26H35FN4O2. The maximum absolute atomic E-state index is 13.4. The van der Waals surface area contributed by atoms with Gasteiger partial charge in [0.15, 0.2) is 0 Å². The van der Waals surface area contributed by atoms with Crippen molar-refractivity contribution in [2.45, 2.75) is 39.8 Å². The number of nitrogens with one attached hydrogen (secondary N) is 1. The summed E-state index contributed by atoms with van der Waals surface area (Å²) < 4.78 is 13.4. The molecular weight excluding hydrogens is 419 g/mol. The second-order valence-electron chi connectivity index (χ2n) is 8.79. The lowest BCUT2D eigenvalue weighted by Gasteiger charge is -2.37. The zero-order valence-electron chi connectivity index (χ0n) is 19.9. The fourth-order valence-electron chi connectivity index (χ4n) is 4.05. The van der Waals surface area contributed by atoms with Crippen molar-refractivity contribution in [3.05, 3.63) is 65.5 Å². The Balaban J connectivity index is 1.48. The molecule has 7 heteroatoms. The average Bonchev–Trinajstić information content (AvgIpc) is 2.80. The number of carbonyl (C=O) groups excluding carboxylic acids is 2. The van der Waals surface area contributed by atoms with E-state index in [0.717, 1.165) is 31.6 Å². The maximum Gasteiger partial charge on any atom is 0.241 e. The first kappa shape index (κ1) is 24.9. The molecule has 2 amide bonds. The van der Waals surface area contributed by atoms with Crippen molar-refractivity contribution in [1.82, 2.24) is 14.7 Å². The molecule has 3 rings (SSSR count). The second kappa shape index (κ2) is 11.9. The number of halogens is 1. The molecule has 1 atom stereocenters. The van der Waals surface area contributed by atoms with E-state index in [0.29, 0.717) is 31.9 Å². The van der Waals surface area contributed by atoms with Gasteiger partial charge in [0.25, 0.3) is 0 Å². The molecule has 2 aromatic carbocycles. The number of carbonyl (C=O) groups is 2. The molecule has 6 nitrogen and oxygen atoms in total. The quantitative estimate of drug-likeness (QED) is 0.630. The number of anilines is 1. The van der Waals surface area contributed by atoms with E-state index in [4.69, 9.17) is 0 Å². The van der Waals surface area contributed by atoms with E-state index in [1.807, 2.05) is 11.8 Å². The molecule has 0 aliphatic carbocycles. The minimum Gasteiger partial charge on any atom is -0.337 e. The topological polar surface area (TPSA) is 55.9 Å². The molecule has 1 N–H and O–H groups in total. The third-order valence-electron chi connectivity index (χ3n) is 6.13. The normalized spacial score (nSPS) is 15.8. The van der Waals surface area contributed by atoms with Gasteiger partial charge in [-0.05, 0) is 44.0 Å². The number of nitrogens with zero attached hydrogens (tertiary/aromatic N) is 3. The maximum atomic E-state index is 13.4. The molecule has 0 aromatic heterocycles. The van der Waals surface area contributed by atoms with Crippen LogP contribution in [-0.2, 0) is 16.1 Å². The summed E-state index contributed by atoms with van der Waals surface area (Å²) in [5.74, 6) is -0.390. The van der Waals surface area contributed by atoms with Gasteiger partial charge in [-0.2, -0.15) is 0 Å². The van der Waals surface area contributed by atoms with E-state index in [1.54, 1.807) is 12.1 Å². The third-order valence-corrected chi connectivity index (χ3v) is 6.13. The lowest BCUT2D eigenvalue weighted by Crippen LogP contribution is -2.54. The van der Waals surface area contributed by atoms with Gasteiger partial charge in [0.1, 0.15) is 5.82 Å². The molecule has 0 spiro atoms. The summed E-state index contributed by atoms with van der Waals surface area (Å²) in [6.07, 6.45) is 0.920. The Kier molecular flexibility index (Phi) is 8.97. The molecule has 1 aliphatic heterocycles. The van der Waals surface area contributed by atoms with Crippen LogP contribution in [0.4, 0.5) is 10.1 Å². The number of aryl methyl sites for hydroxylation is 1. The molecule has 1 unspecified atom stereocenters. The average molecular weight is 455 g/mol. The summed E-state index contributed by atoms with van der Waals surface area (Å²) in [5.41, 5.74) is 2.81. The van der Waals surface area contributed by atoms with Crippen LogP contribution in [-0.4, -0.2) is 71.8 Å². The highest BCUT2D eigenvalue weighted by atomic mass is 19.1. The highest BCUT2D eigenvalue weighted by Crippen LogP contribution is 2.13. The van der Waals surface area contributed by atoms with Gasteiger partial charge in [-0.3, -0.25) is 19.4 Å². The molecule has 0 radical (unpaired) electrons. The Morgan fingerprint density at radius 2 is 1.79 bits per heavy atom. The summed E-state index contributed by atoms with van der Waals surface area (Å²) in [5, 5.41) is 2.78. The van der Waals surface area contributed by atoms with E-state index in [9.17, 15) is 14.0 Å².